The van der Waals surface area contributed by atoms with E-state index in [0.717, 1.165) is 18.7 Å². The molecule has 2 atom stereocenters. The maximum atomic E-state index is 6.22. The van der Waals surface area contributed by atoms with E-state index in [9.17, 15) is 0 Å². The average Bonchev–Trinajstić information content (AvgIpc) is 2.72. The molecule has 4 heteroatoms. The average molecular weight is 333 g/mol. The maximum Gasteiger partial charge on any atom is 0.0598 e. The lowest BCUT2D eigenvalue weighted by Gasteiger charge is -2.18. The van der Waals surface area contributed by atoms with Gasteiger partial charge < -0.3 is 10.6 Å². The first kappa shape index (κ1) is 14.4. The van der Waals surface area contributed by atoms with Crippen LogP contribution in [0.15, 0.2) is 36.4 Å². The van der Waals surface area contributed by atoms with E-state index in [4.69, 9.17) is 23.2 Å². The molecule has 0 bridgehead atoms. The summed E-state index contributed by atoms with van der Waals surface area (Å²) in [6.07, 6.45) is 2.34. The Morgan fingerprint density at radius 1 is 0.955 bits per heavy atom. The van der Waals surface area contributed by atoms with Gasteiger partial charge in [0, 0.05) is 17.6 Å². The van der Waals surface area contributed by atoms with Crippen molar-refractivity contribution in [1.29, 1.82) is 0 Å². The van der Waals surface area contributed by atoms with Crippen LogP contribution in [0.1, 0.15) is 24.3 Å². The third kappa shape index (κ3) is 2.40. The first-order chi connectivity index (χ1) is 10.7. The second-order valence-electron chi connectivity index (χ2n) is 6.08. The monoisotopic (exact) mass is 332 g/mol. The number of hydrogen-bond acceptors (Lipinski definition) is 2. The van der Waals surface area contributed by atoms with Crippen LogP contribution >= 0.6 is 23.2 Å². The fourth-order valence-corrected chi connectivity index (χ4v) is 4.06. The molecular formula is C18H18Cl2N2. The predicted molar refractivity (Wildman–Crippen MR) is 94.2 cm³/mol. The molecular weight excluding hydrogens is 315 g/mol. The molecule has 2 aliphatic heterocycles. The Morgan fingerprint density at radius 3 is 2.68 bits per heavy atom. The van der Waals surface area contributed by atoms with Crippen LogP contribution in [0.2, 0.25) is 10.0 Å². The number of anilines is 1. The second-order valence-corrected chi connectivity index (χ2v) is 6.89. The Morgan fingerprint density at radius 2 is 1.82 bits per heavy atom. The predicted octanol–water partition coefficient (Wildman–Crippen LogP) is 4.92. The fourth-order valence-electron chi connectivity index (χ4n) is 3.77. The third-order valence-electron chi connectivity index (χ3n) is 4.80. The van der Waals surface area contributed by atoms with Crippen LogP contribution in [0.4, 0.5) is 5.69 Å². The van der Waals surface area contributed by atoms with Crippen molar-refractivity contribution in [2.45, 2.75) is 24.8 Å². The van der Waals surface area contributed by atoms with Crippen molar-refractivity contribution < 1.29 is 0 Å². The van der Waals surface area contributed by atoms with Gasteiger partial charge in [0.2, 0.25) is 0 Å². The number of fused-ring (bicyclic) bond motifs is 3. The van der Waals surface area contributed by atoms with E-state index in [2.05, 4.69) is 34.9 Å². The topological polar surface area (TPSA) is 24.1 Å². The first-order valence-corrected chi connectivity index (χ1v) is 8.55. The van der Waals surface area contributed by atoms with Gasteiger partial charge in [-0.15, -0.1) is 0 Å². The summed E-state index contributed by atoms with van der Waals surface area (Å²) in [7, 11) is 0. The van der Waals surface area contributed by atoms with Gasteiger partial charge in [0.05, 0.1) is 10.0 Å². The van der Waals surface area contributed by atoms with Crippen LogP contribution < -0.4 is 10.6 Å². The number of hydrogen-bond donors (Lipinski definition) is 2. The van der Waals surface area contributed by atoms with Crippen molar-refractivity contribution in [3.8, 4) is 11.1 Å². The van der Waals surface area contributed by atoms with Crippen LogP contribution in [0.5, 0.6) is 0 Å². The van der Waals surface area contributed by atoms with Crippen LogP contribution in [-0.4, -0.2) is 19.1 Å². The number of rotatable bonds is 1. The molecule has 2 unspecified atom stereocenters. The van der Waals surface area contributed by atoms with Gasteiger partial charge in [-0.25, -0.2) is 0 Å². The van der Waals surface area contributed by atoms with Gasteiger partial charge in [-0.1, -0.05) is 41.4 Å². The fraction of sp³-hybridized carbons (Fsp3) is 0.333. The standard InChI is InChI=1S/C18H18Cl2N2/c19-14-5-4-11(10-15(14)20)12-2-1-3-17-18(12)13-6-8-21-9-7-16(13)22-17/h1-5,10,13,16,21-22H,6-9H2. The van der Waals surface area contributed by atoms with Gasteiger partial charge in [-0.2, -0.15) is 0 Å². The van der Waals surface area contributed by atoms with Crippen LogP contribution in [0, 0.1) is 0 Å². The highest BCUT2D eigenvalue weighted by atomic mass is 35.5. The molecule has 2 N–H and O–H groups in total. The Balaban J connectivity index is 1.82. The smallest absolute Gasteiger partial charge is 0.0598 e. The summed E-state index contributed by atoms with van der Waals surface area (Å²) in [4.78, 5) is 0. The summed E-state index contributed by atoms with van der Waals surface area (Å²) >= 11 is 12.3. The lowest BCUT2D eigenvalue weighted by Crippen LogP contribution is -2.21. The SMILES string of the molecule is Clc1ccc(-c2cccc3c2C2CCNCCC2N3)cc1Cl. The van der Waals surface area contributed by atoms with Crippen molar-refractivity contribution in [3.63, 3.8) is 0 Å². The molecule has 0 radical (unpaired) electrons. The number of benzene rings is 2. The van der Waals surface area contributed by atoms with Crippen molar-refractivity contribution in [1.82, 2.24) is 5.32 Å². The largest absolute Gasteiger partial charge is 0.381 e. The number of halogens is 2. The zero-order valence-corrected chi connectivity index (χ0v) is 13.7. The minimum absolute atomic E-state index is 0.536. The van der Waals surface area contributed by atoms with Crippen LogP contribution in [0.25, 0.3) is 11.1 Å². The van der Waals surface area contributed by atoms with Crippen molar-refractivity contribution >= 4 is 28.9 Å². The highest BCUT2D eigenvalue weighted by molar-refractivity contribution is 6.42. The van der Waals surface area contributed by atoms with Gasteiger partial charge >= 0.3 is 0 Å². The van der Waals surface area contributed by atoms with Crippen LogP contribution in [-0.2, 0) is 0 Å². The summed E-state index contributed by atoms with van der Waals surface area (Å²) in [5.41, 5.74) is 5.14. The second kappa shape index (κ2) is 5.77. The van der Waals surface area contributed by atoms with Gasteiger partial charge in [0.15, 0.2) is 0 Å². The quantitative estimate of drug-likeness (QED) is 0.774. The Bertz CT molecular complexity index is 714. The summed E-state index contributed by atoms with van der Waals surface area (Å²) in [6.45, 7) is 2.17. The lowest BCUT2D eigenvalue weighted by molar-refractivity contribution is 0.579. The Kier molecular flexibility index (Phi) is 3.77. The normalized spacial score (nSPS) is 23.4. The highest BCUT2D eigenvalue weighted by Crippen LogP contribution is 2.45. The molecule has 0 aliphatic carbocycles. The van der Waals surface area contributed by atoms with Gasteiger partial charge in [-0.3, -0.25) is 0 Å². The molecule has 22 heavy (non-hydrogen) atoms. The molecule has 2 aromatic rings. The van der Waals surface area contributed by atoms with Gasteiger partial charge in [-0.05, 0) is 60.8 Å². The molecule has 0 amide bonds. The highest BCUT2D eigenvalue weighted by Gasteiger charge is 2.34. The zero-order valence-electron chi connectivity index (χ0n) is 12.2. The van der Waals surface area contributed by atoms with E-state index in [0.29, 0.717) is 22.0 Å². The van der Waals surface area contributed by atoms with E-state index < -0.39 is 0 Å². The molecule has 1 fully saturated rings. The summed E-state index contributed by atoms with van der Waals surface area (Å²) < 4.78 is 0. The zero-order chi connectivity index (χ0) is 15.1. The molecule has 4 rings (SSSR count). The van der Waals surface area contributed by atoms with Gasteiger partial charge in [0.25, 0.3) is 0 Å². The summed E-state index contributed by atoms with van der Waals surface area (Å²) in [5.74, 6) is 0.565. The molecule has 1 saturated heterocycles. The van der Waals surface area contributed by atoms with Crippen molar-refractivity contribution in [2.24, 2.45) is 0 Å². The van der Waals surface area contributed by atoms with E-state index in [1.165, 1.54) is 29.7 Å². The summed E-state index contributed by atoms with van der Waals surface area (Å²) in [5, 5.41) is 8.43. The Labute approximate surface area is 140 Å². The van der Waals surface area contributed by atoms with E-state index >= 15 is 0 Å². The lowest BCUT2D eigenvalue weighted by atomic mass is 9.86. The van der Waals surface area contributed by atoms with E-state index in [1.807, 2.05) is 12.1 Å². The van der Waals surface area contributed by atoms with Gasteiger partial charge in [0.1, 0.15) is 0 Å². The maximum absolute atomic E-state index is 6.22. The molecule has 0 spiro atoms. The molecule has 2 nitrogen and oxygen atoms in total. The van der Waals surface area contributed by atoms with E-state index in [-0.39, 0.29) is 0 Å². The molecule has 0 aromatic heterocycles. The molecule has 2 aliphatic rings. The van der Waals surface area contributed by atoms with Crippen molar-refractivity contribution in [2.75, 3.05) is 18.4 Å². The first-order valence-electron chi connectivity index (χ1n) is 7.79. The third-order valence-corrected chi connectivity index (χ3v) is 5.54. The molecule has 2 heterocycles. The van der Waals surface area contributed by atoms with Crippen LogP contribution in [0.3, 0.4) is 0 Å². The number of nitrogens with one attached hydrogen (secondary N) is 2. The Hall–Kier alpha value is -1.22. The molecule has 2 aromatic carbocycles. The van der Waals surface area contributed by atoms with E-state index in [1.54, 1.807) is 0 Å². The molecule has 114 valence electrons. The van der Waals surface area contributed by atoms with Crippen molar-refractivity contribution in [3.05, 3.63) is 52.0 Å². The summed E-state index contributed by atoms with van der Waals surface area (Å²) in [6, 6.07) is 13.0. The molecule has 0 saturated carbocycles. The minimum atomic E-state index is 0.536. The minimum Gasteiger partial charge on any atom is -0.381 e.